The number of imidazole rings is 2. The SMILES string of the molecule is Cc1cccc2[nH]c(CN(C)Cc3cn4cccc(C)c4n3)nc12.O=CO. The van der Waals surface area contributed by atoms with Gasteiger partial charge < -0.3 is 14.5 Å². The van der Waals surface area contributed by atoms with E-state index in [9.17, 15) is 0 Å². The number of nitrogens with zero attached hydrogens (tertiary/aromatic N) is 4. The third-order valence-electron chi connectivity index (χ3n) is 4.34. The lowest BCUT2D eigenvalue weighted by Crippen LogP contribution is -2.18. The molecule has 0 bridgehead atoms. The summed E-state index contributed by atoms with van der Waals surface area (Å²) in [6, 6.07) is 10.4. The van der Waals surface area contributed by atoms with Crippen LogP contribution >= 0.6 is 0 Å². The Labute approximate surface area is 157 Å². The maximum absolute atomic E-state index is 8.36. The highest BCUT2D eigenvalue weighted by molar-refractivity contribution is 5.78. The molecule has 0 radical (unpaired) electrons. The Balaban J connectivity index is 0.000000659. The molecule has 0 saturated heterocycles. The molecule has 140 valence electrons. The van der Waals surface area contributed by atoms with Crippen molar-refractivity contribution in [1.29, 1.82) is 0 Å². The number of rotatable bonds is 4. The summed E-state index contributed by atoms with van der Waals surface area (Å²) in [5, 5.41) is 6.89. The van der Waals surface area contributed by atoms with Crippen molar-refractivity contribution in [2.24, 2.45) is 0 Å². The Bertz CT molecular complexity index is 985. The van der Waals surface area contributed by atoms with Crippen LogP contribution < -0.4 is 0 Å². The summed E-state index contributed by atoms with van der Waals surface area (Å²) in [4.78, 5) is 23.5. The maximum Gasteiger partial charge on any atom is 0.290 e. The lowest BCUT2D eigenvalue weighted by molar-refractivity contribution is -0.122. The van der Waals surface area contributed by atoms with Gasteiger partial charge in [-0.2, -0.15) is 0 Å². The van der Waals surface area contributed by atoms with Crippen molar-refractivity contribution < 1.29 is 9.90 Å². The van der Waals surface area contributed by atoms with Crippen molar-refractivity contribution in [2.75, 3.05) is 7.05 Å². The molecule has 3 heterocycles. The lowest BCUT2D eigenvalue weighted by atomic mass is 10.2. The number of carbonyl (C=O) groups is 1. The number of aromatic amines is 1. The molecule has 0 fully saturated rings. The fourth-order valence-corrected chi connectivity index (χ4v) is 3.17. The van der Waals surface area contributed by atoms with E-state index in [0.717, 1.165) is 41.3 Å². The predicted molar refractivity (Wildman–Crippen MR) is 105 cm³/mol. The average molecular weight is 365 g/mol. The minimum atomic E-state index is -0.250. The summed E-state index contributed by atoms with van der Waals surface area (Å²) in [5.41, 5.74) is 6.65. The molecule has 0 saturated carbocycles. The summed E-state index contributed by atoms with van der Waals surface area (Å²) in [6.45, 7) is 5.49. The van der Waals surface area contributed by atoms with E-state index in [0.29, 0.717) is 0 Å². The fourth-order valence-electron chi connectivity index (χ4n) is 3.17. The normalized spacial score (nSPS) is 11.0. The molecule has 4 rings (SSSR count). The van der Waals surface area contributed by atoms with Crippen LogP contribution in [0, 0.1) is 13.8 Å². The molecular weight excluding hydrogens is 342 g/mol. The Hall–Kier alpha value is -3.19. The number of para-hydroxylation sites is 1. The first kappa shape index (κ1) is 18.6. The van der Waals surface area contributed by atoms with E-state index in [-0.39, 0.29) is 6.47 Å². The predicted octanol–water partition coefficient (Wildman–Crippen LogP) is 3.16. The zero-order valence-electron chi connectivity index (χ0n) is 15.7. The Morgan fingerprint density at radius 2 is 1.89 bits per heavy atom. The first-order chi connectivity index (χ1) is 13.0. The number of aryl methyl sites for hydroxylation is 2. The maximum atomic E-state index is 8.36. The van der Waals surface area contributed by atoms with E-state index in [1.54, 1.807) is 0 Å². The minimum absolute atomic E-state index is 0.250. The molecule has 0 aliphatic rings. The average Bonchev–Trinajstić information content (AvgIpc) is 3.20. The number of nitrogens with one attached hydrogen (secondary N) is 1. The largest absolute Gasteiger partial charge is 0.483 e. The van der Waals surface area contributed by atoms with Crippen LogP contribution in [-0.2, 0) is 17.9 Å². The molecule has 1 aromatic carbocycles. The second-order valence-electron chi connectivity index (χ2n) is 6.59. The lowest BCUT2D eigenvalue weighted by Gasteiger charge is -2.12. The number of hydrogen-bond donors (Lipinski definition) is 2. The van der Waals surface area contributed by atoms with Gasteiger partial charge in [0.05, 0.1) is 23.3 Å². The van der Waals surface area contributed by atoms with E-state index in [4.69, 9.17) is 19.9 Å². The molecule has 0 unspecified atom stereocenters. The number of pyridine rings is 1. The molecule has 0 aliphatic carbocycles. The number of carboxylic acid groups (broad SMARTS) is 1. The highest BCUT2D eigenvalue weighted by atomic mass is 16.3. The number of aromatic nitrogens is 4. The van der Waals surface area contributed by atoms with Crippen molar-refractivity contribution in [3.63, 3.8) is 0 Å². The molecule has 4 aromatic rings. The number of H-pyrrole nitrogens is 1. The number of benzene rings is 1. The Morgan fingerprint density at radius 3 is 2.59 bits per heavy atom. The van der Waals surface area contributed by atoms with Crippen molar-refractivity contribution in [2.45, 2.75) is 26.9 Å². The van der Waals surface area contributed by atoms with Crippen molar-refractivity contribution in [3.05, 3.63) is 65.4 Å². The van der Waals surface area contributed by atoms with Gasteiger partial charge in [-0.15, -0.1) is 0 Å². The summed E-state index contributed by atoms with van der Waals surface area (Å²) in [5.74, 6) is 0.988. The molecule has 0 amide bonds. The van der Waals surface area contributed by atoms with Gasteiger partial charge in [0.25, 0.3) is 6.47 Å². The molecule has 7 nitrogen and oxygen atoms in total. The van der Waals surface area contributed by atoms with Gasteiger partial charge in [-0.05, 0) is 44.2 Å². The van der Waals surface area contributed by atoms with Crippen LogP contribution in [0.2, 0.25) is 0 Å². The van der Waals surface area contributed by atoms with Crippen LogP contribution in [0.15, 0.2) is 42.7 Å². The molecule has 0 atom stereocenters. The van der Waals surface area contributed by atoms with Gasteiger partial charge in [0.1, 0.15) is 11.5 Å². The van der Waals surface area contributed by atoms with E-state index in [1.165, 1.54) is 11.1 Å². The number of hydrogen-bond acceptors (Lipinski definition) is 4. The van der Waals surface area contributed by atoms with Gasteiger partial charge in [-0.3, -0.25) is 9.69 Å². The minimum Gasteiger partial charge on any atom is -0.483 e. The first-order valence-corrected chi connectivity index (χ1v) is 8.65. The second kappa shape index (κ2) is 8.01. The monoisotopic (exact) mass is 365 g/mol. The molecular formula is C20H23N5O2. The van der Waals surface area contributed by atoms with Gasteiger partial charge in [0, 0.05) is 18.9 Å². The molecule has 0 spiro atoms. The quantitative estimate of drug-likeness (QED) is 0.543. The second-order valence-corrected chi connectivity index (χ2v) is 6.59. The van der Waals surface area contributed by atoms with Crippen LogP contribution in [0.4, 0.5) is 0 Å². The third-order valence-corrected chi connectivity index (χ3v) is 4.34. The van der Waals surface area contributed by atoms with E-state index in [2.05, 4.69) is 65.6 Å². The summed E-state index contributed by atoms with van der Waals surface area (Å²) in [6.07, 6.45) is 4.14. The van der Waals surface area contributed by atoms with Gasteiger partial charge in [0.2, 0.25) is 0 Å². The van der Waals surface area contributed by atoms with Gasteiger partial charge in [-0.25, -0.2) is 9.97 Å². The molecule has 27 heavy (non-hydrogen) atoms. The smallest absolute Gasteiger partial charge is 0.290 e. The zero-order chi connectivity index (χ0) is 19.4. The fraction of sp³-hybridized carbons (Fsp3) is 0.250. The first-order valence-electron chi connectivity index (χ1n) is 8.65. The summed E-state index contributed by atoms with van der Waals surface area (Å²) in [7, 11) is 2.09. The molecule has 3 aromatic heterocycles. The number of fused-ring (bicyclic) bond motifs is 2. The zero-order valence-corrected chi connectivity index (χ0v) is 15.7. The van der Waals surface area contributed by atoms with Crippen molar-refractivity contribution in [1.82, 2.24) is 24.3 Å². The molecule has 2 N–H and O–H groups in total. The van der Waals surface area contributed by atoms with E-state index >= 15 is 0 Å². The van der Waals surface area contributed by atoms with Crippen molar-refractivity contribution >= 4 is 23.2 Å². The van der Waals surface area contributed by atoms with Crippen molar-refractivity contribution in [3.8, 4) is 0 Å². The third kappa shape index (κ3) is 4.15. The van der Waals surface area contributed by atoms with Gasteiger partial charge in [0.15, 0.2) is 0 Å². The van der Waals surface area contributed by atoms with Crippen LogP contribution in [0.25, 0.3) is 16.7 Å². The van der Waals surface area contributed by atoms with Crippen LogP contribution in [0.3, 0.4) is 0 Å². The van der Waals surface area contributed by atoms with Gasteiger partial charge in [-0.1, -0.05) is 18.2 Å². The highest BCUT2D eigenvalue weighted by Gasteiger charge is 2.10. The summed E-state index contributed by atoms with van der Waals surface area (Å²) < 4.78 is 2.09. The van der Waals surface area contributed by atoms with Crippen LogP contribution in [0.1, 0.15) is 22.6 Å². The topological polar surface area (TPSA) is 86.5 Å². The van der Waals surface area contributed by atoms with E-state index in [1.807, 2.05) is 12.3 Å². The Kier molecular flexibility index (Phi) is 5.52. The van der Waals surface area contributed by atoms with Crippen LogP contribution in [0.5, 0.6) is 0 Å². The van der Waals surface area contributed by atoms with Crippen LogP contribution in [-0.4, -0.2) is 42.9 Å². The van der Waals surface area contributed by atoms with E-state index < -0.39 is 0 Å². The standard InChI is InChI=1S/C19H21N5.CH2O2/c1-13-6-4-8-16-18(13)22-17(21-16)12-23(3)10-15-11-24-9-5-7-14(2)19(24)20-15;2-1-3/h4-9,11H,10,12H2,1-3H3,(H,21,22);1H,(H,2,3). The molecule has 0 aliphatic heterocycles. The van der Waals surface area contributed by atoms with Gasteiger partial charge >= 0.3 is 0 Å². The Morgan fingerprint density at radius 1 is 1.15 bits per heavy atom. The summed E-state index contributed by atoms with van der Waals surface area (Å²) >= 11 is 0. The highest BCUT2D eigenvalue weighted by Crippen LogP contribution is 2.17. The molecule has 7 heteroatoms.